The highest BCUT2D eigenvalue weighted by Gasteiger charge is 2.18. The number of morpholine rings is 1. The number of ether oxygens (including phenoxy) is 1. The van der Waals surface area contributed by atoms with Crippen molar-refractivity contribution in [3.63, 3.8) is 0 Å². The van der Waals surface area contributed by atoms with E-state index in [9.17, 15) is 4.79 Å². The van der Waals surface area contributed by atoms with Crippen LogP contribution in [0.25, 0.3) is 10.8 Å². The molecule has 23 heavy (non-hydrogen) atoms. The number of nitrogens with zero attached hydrogens (tertiary/aromatic N) is 2. The summed E-state index contributed by atoms with van der Waals surface area (Å²) in [6, 6.07) is 14.1. The first-order chi connectivity index (χ1) is 11.2. The zero-order valence-corrected chi connectivity index (χ0v) is 12.8. The Kier molecular flexibility index (Phi) is 4.73. The first-order valence-electron chi connectivity index (χ1n) is 7.56. The molecule has 120 valence electrons. The Morgan fingerprint density at radius 1 is 1.17 bits per heavy atom. The average Bonchev–Trinajstić information content (AvgIpc) is 2.61. The van der Waals surface area contributed by atoms with Gasteiger partial charge in [0, 0.05) is 19.5 Å². The number of amidine groups is 1. The summed E-state index contributed by atoms with van der Waals surface area (Å²) in [6.07, 6.45) is -0.0632. The van der Waals surface area contributed by atoms with E-state index < -0.39 is 6.09 Å². The van der Waals surface area contributed by atoms with Gasteiger partial charge in [-0.3, -0.25) is 4.84 Å². The number of benzene rings is 2. The van der Waals surface area contributed by atoms with E-state index in [0.717, 1.165) is 16.3 Å². The summed E-state index contributed by atoms with van der Waals surface area (Å²) in [5.41, 5.74) is 6.95. The van der Waals surface area contributed by atoms with Crippen molar-refractivity contribution in [1.29, 1.82) is 0 Å². The third-order valence-corrected chi connectivity index (χ3v) is 3.76. The normalized spacial score (nSPS) is 15.7. The van der Waals surface area contributed by atoms with Gasteiger partial charge in [0.25, 0.3) is 0 Å². The Bertz CT molecular complexity index is 719. The maximum Gasteiger partial charge on any atom is 0.436 e. The van der Waals surface area contributed by atoms with E-state index in [0.29, 0.717) is 32.7 Å². The Labute approximate surface area is 134 Å². The van der Waals surface area contributed by atoms with Gasteiger partial charge < -0.3 is 15.4 Å². The highest BCUT2D eigenvalue weighted by atomic mass is 16.7. The van der Waals surface area contributed by atoms with E-state index in [-0.39, 0.29) is 5.84 Å². The molecule has 1 saturated heterocycles. The van der Waals surface area contributed by atoms with Crippen LogP contribution < -0.4 is 5.73 Å². The van der Waals surface area contributed by atoms with Crippen molar-refractivity contribution in [2.75, 3.05) is 26.3 Å². The van der Waals surface area contributed by atoms with Gasteiger partial charge in [0.15, 0.2) is 0 Å². The number of hydrogen-bond donors (Lipinski definition) is 1. The van der Waals surface area contributed by atoms with Crippen LogP contribution in [0.1, 0.15) is 5.56 Å². The highest BCUT2D eigenvalue weighted by Crippen LogP contribution is 2.18. The van der Waals surface area contributed by atoms with Crippen molar-refractivity contribution in [1.82, 2.24) is 4.90 Å². The Morgan fingerprint density at radius 3 is 2.74 bits per heavy atom. The molecule has 2 aromatic carbocycles. The second kappa shape index (κ2) is 7.11. The topological polar surface area (TPSA) is 77.2 Å². The standard InChI is InChI=1S/C17H19N3O3/c18-16(19-23-17(21)20-8-10-22-11-9-20)12-14-6-3-5-13-4-1-2-7-15(13)14/h1-7H,8-12H2,(H2,18,19). The van der Waals surface area contributed by atoms with Crippen LogP contribution in [0.5, 0.6) is 0 Å². The molecule has 0 radical (unpaired) electrons. The molecule has 0 aliphatic carbocycles. The van der Waals surface area contributed by atoms with Crippen LogP contribution in [0.3, 0.4) is 0 Å². The summed E-state index contributed by atoms with van der Waals surface area (Å²) in [7, 11) is 0. The van der Waals surface area contributed by atoms with Crippen LogP contribution in [0.2, 0.25) is 0 Å². The maximum atomic E-state index is 11.9. The molecule has 6 heteroatoms. The molecule has 1 aliphatic rings. The lowest BCUT2D eigenvalue weighted by atomic mass is 10.0. The van der Waals surface area contributed by atoms with E-state index in [4.69, 9.17) is 15.3 Å². The summed E-state index contributed by atoms with van der Waals surface area (Å²) in [6.45, 7) is 2.06. The van der Waals surface area contributed by atoms with Gasteiger partial charge in [-0.1, -0.05) is 47.6 Å². The van der Waals surface area contributed by atoms with Crippen LogP contribution >= 0.6 is 0 Å². The van der Waals surface area contributed by atoms with Gasteiger partial charge >= 0.3 is 6.09 Å². The number of nitrogens with two attached hydrogens (primary N) is 1. The summed E-state index contributed by atoms with van der Waals surface area (Å²) >= 11 is 0. The lowest BCUT2D eigenvalue weighted by Crippen LogP contribution is -2.40. The largest absolute Gasteiger partial charge is 0.436 e. The van der Waals surface area contributed by atoms with Gasteiger partial charge in [-0.05, 0) is 16.3 Å². The Morgan fingerprint density at radius 2 is 1.91 bits per heavy atom. The quantitative estimate of drug-likeness (QED) is 0.407. The van der Waals surface area contributed by atoms with Gasteiger partial charge in [-0.15, -0.1) is 0 Å². The number of oxime groups is 1. The van der Waals surface area contributed by atoms with Crippen LogP contribution in [0, 0.1) is 0 Å². The van der Waals surface area contributed by atoms with Crippen molar-refractivity contribution >= 4 is 22.7 Å². The number of hydrogen-bond acceptors (Lipinski definition) is 4. The van der Waals surface area contributed by atoms with Crippen molar-refractivity contribution in [3.05, 3.63) is 48.0 Å². The minimum atomic E-state index is -0.492. The fourth-order valence-electron chi connectivity index (χ4n) is 2.58. The first-order valence-corrected chi connectivity index (χ1v) is 7.56. The van der Waals surface area contributed by atoms with Crippen LogP contribution in [0.15, 0.2) is 47.6 Å². The molecule has 2 aromatic rings. The van der Waals surface area contributed by atoms with Crippen molar-refractivity contribution in [3.8, 4) is 0 Å². The number of fused-ring (bicyclic) bond motifs is 1. The third kappa shape index (κ3) is 3.78. The summed E-state index contributed by atoms with van der Waals surface area (Å²) < 4.78 is 5.19. The van der Waals surface area contributed by atoms with Crippen LogP contribution in [-0.2, 0) is 16.0 Å². The monoisotopic (exact) mass is 313 g/mol. The molecule has 2 N–H and O–H groups in total. The molecule has 0 unspecified atom stereocenters. The van der Waals surface area contributed by atoms with Gasteiger partial charge in [0.1, 0.15) is 5.84 Å². The minimum Gasteiger partial charge on any atom is -0.384 e. The highest BCUT2D eigenvalue weighted by molar-refractivity contribution is 5.91. The molecule has 1 heterocycles. The molecule has 0 atom stereocenters. The molecule has 0 spiro atoms. The molecular formula is C17H19N3O3. The lowest BCUT2D eigenvalue weighted by Gasteiger charge is -2.24. The van der Waals surface area contributed by atoms with E-state index >= 15 is 0 Å². The van der Waals surface area contributed by atoms with Crippen molar-refractivity contribution in [2.45, 2.75) is 6.42 Å². The van der Waals surface area contributed by atoms with Crippen molar-refractivity contribution < 1.29 is 14.4 Å². The SMILES string of the molecule is N/C(Cc1cccc2ccccc12)=N\OC(=O)N1CCOCC1. The lowest BCUT2D eigenvalue weighted by molar-refractivity contribution is 0.0278. The predicted molar refractivity (Wildman–Crippen MR) is 88.1 cm³/mol. The van der Waals surface area contributed by atoms with Gasteiger partial charge in [0.05, 0.1) is 13.2 Å². The second-order valence-electron chi connectivity index (χ2n) is 5.35. The van der Waals surface area contributed by atoms with Crippen molar-refractivity contribution in [2.24, 2.45) is 10.9 Å². The smallest absolute Gasteiger partial charge is 0.384 e. The zero-order valence-electron chi connectivity index (χ0n) is 12.8. The van der Waals surface area contributed by atoms with Gasteiger partial charge in [-0.25, -0.2) is 4.79 Å². The predicted octanol–water partition coefficient (Wildman–Crippen LogP) is 2.12. The average molecular weight is 313 g/mol. The Hall–Kier alpha value is -2.60. The fraction of sp³-hybridized carbons (Fsp3) is 0.294. The molecule has 1 amide bonds. The zero-order chi connectivity index (χ0) is 16.1. The number of carbonyl (C=O) groups is 1. The van der Waals surface area contributed by atoms with Gasteiger partial charge in [-0.2, -0.15) is 0 Å². The molecule has 3 rings (SSSR count). The first kappa shape index (κ1) is 15.3. The minimum absolute atomic E-state index is 0.267. The number of carbonyl (C=O) groups excluding carboxylic acids is 1. The third-order valence-electron chi connectivity index (χ3n) is 3.76. The van der Waals surface area contributed by atoms with Gasteiger partial charge in [0.2, 0.25) is 0 Å². The van der Waals surface area contributed by atoms with Crippen LogP contribution in [0.4, 0.5) is 4.79 Å². The maximum absolute atomic E-state index is 11.9. The summed E-state index contributed by atoms with van der Waals surface area (Å²) in [4.78, 5) is 18.3. The van der Waals surface area contributed by atoms with E-state index in [1.165, 1.54) is 0 Å². The Balaban J connectivity index is 1.65. The summed E-state index contributed by atoms with van der Waals surface area (Å²) in [5.74, 6) is 0.267. The fourth-order valence-corrected chi connectivity index (χ4v) is 2.58. The van der Waals surface area contributed by atoms with Crippen LogP contribution in [-0.4, -0.2) is 43.1 Å². The molecule has 0 bridgehead atoms. The molecule has 6 nitrogen and oxygen atoms in total. The number of amides is 1. The van der Waals surface area contributed by atoms with E-state index in [1.807, 2.05) is 42.5 Å². The molecular weight excluding hydrogens is 294 g/mol. The molecule has 1 fully saturated rings. The molecule has 0 saturated carbocycles. The van der Waals surface area contributed by atoms with E-state index in [1.54, 1.807) is 4.90 Å². The van der Waals surface area contributed by atoms with E-state index in [2.05, 4.69) is 5.16 Å². The molecule has 0 aromatic heterocycles. The number of rotatable bonds is 3. The molecule has 1 aliphatic heterocycles. The summed E-state index contributed by atoms with van der Waals surface area (Å²) in [5, 5.41) is 6.02. The second-order valence-corrected chi connectivity index (χ2v) is 5.35.